The van der Waals surface area contributed by atoms with Crippen LogP contribution in [0.3, 0.4) is 0 Å². The molecular formula is C27H38N2O3. The molecule has 0 radical (unpaired) electrons. The molecule has 2 aromatic rings. The largest absolute Gasteiger partial charge is 0.494 e. The highest BCUT2D eigenvalue weighted by molar-refractivity contribution is 5.88. The van der Waals surface area contributed by atoms with E-state index in [9.17, 15) is 9.59 Å². The average Bonchev–Trinajstić information content (AvgIpc) is 2.74. The first kappa shape index (κ1) is 25.4. The van der Waals surface area contributed by atoms with Crippen LogP contribution in [-0.2, 0) is 16.0 Å². The van der Waals surface area contributed by atoms with E-state index in [-0.39, 0.29) is 17.4 Å². The van der Waals surface area contributed by atoms with Crippen molar-refractivity contribution >= 4 is 11.8 Å². The van der Waals surface area contributed by atoms with Crippen LogP contribution in [0.5, 0.6) is 5.75 Å². The number of hydrogen-bond donors (Lipinski definition) is 1. The van der Waals surface area contributed by atoms with E-state index >= 15 is 0 Å². The van der Waals surface area contributed by atoms with Gasteiger partial charge in [0.1, 0.15) is 11.8 Å². The SMILES string of the molecule is CC[C@H](C(=O)NC(C)(C)C)N(CCc1ccccc1)C(=O)CCCOc1ccc(C)cc1. The average molecular weight is 439 g/mol. The lowest BCUT2D eigenvalue weighted by Crippen LogP contribution is -2.54. The first-order valence-electron chi connectivity index (χ1n) is 11.5. The molecule has 0 fully saturated rings. The van der Waals surface area contributed by atoms with Gasteiger partial charge in [-0.3, -0.25) is 9.59 Å². The van der Waals surface area contributed by atoms with Crippen LogP contribution in [0.4, 0.5) is 0 Å². The molecule has 0 heterocycles. The van der Waals surface area contributed by atoms with Crippen molar-refractivity contribution in [3.63, 3.8) is 0 Å². The molecule has 0 unspecified atom stereocenters. The van der Waals surface area contributed by atoms with Crippen LogP contribution in [-0.4, -0.2) is 41.4 Å². The molecule has 0 bridgehead atoms. The number of nitrogens with zero attached hydrogens (tertiary/aromatic N) is 1. The third kappa shape index (κ3) is 8.74. The highest BCUT2D eigenvalue weighted by atomic mass is 16.5. The lowest BCUT2D eigenvalue weighted by atomic mass is 10.0. The van der Waals surface area contributed by atoms with Crippen molar-refractivity contribution in [3.8, 4) is 5.75 Å². The van der Waals surface area contributed by atoms with Crippen molar-refractivity contribution in [1.82, 2.24) is 10.2 Å². The molecule has 5 nitrogen and oxygen atoms in total. The molecule has 2 aromatic carbocycles. The summed E-state index contributed by atoms with van der Waals surface area (Å²) in [5.41, 5.74) is 1.99. The Bertz CT molecular complexity index is 841. The summed E-state index contributed by atoms with van der Waals surface area (Å²) in [5, 5.41) is 3.04. The second-order valence-corrected chi connectivity index (χ2v) is 9.25. The number of ether oxygens (including phenoxy) is 1. The van der Waals surface area contributed by atoms with Gasteiger partial charge in [-0.15, -0.1) is 0 Å². The Hall–Kier alpha value is -2.82. The van der Waals surface area contributed by atoms with Gasteiger partial charge in [0.25, 0.3) is 0 Å². The molecule has 0 aromatic heterocycles. The van der Waals surface area contributed by atoms with E-state index in [2.05, 4.69) is 5.32 Å². The molecule has 0 saturated carbocycles. The van der Waals surface area contributed by atoms with Gasteiger partial charge in [0.05, 0.1) is 6.61 Å². The Morgan fingerprint density at radius 2 is 1.69 bits per heavy atom. The summed E-state index contributed by atoms with van der Waals surface area (Å²) in [4.78, 5) is 27.9. The third-order valence-electron chi connectivity index (χ3n) is 5.19. The van der Waals surface area contributed by atoms with Crippen molar-refractivity contribution in [1.29, 1.82) is 0 Å². The van der Waals surface area contributed by atoms with E-state index in [0.717, 1.165) is 11.3 Å². The van der Waals surface area contributed by atoms with Gasteiger partial charge in [0.15, 0.2) is 0 Å². The van der Waals surface area contributed by atoms with Gasteiger partial charge >= 0.3 is 0 Å². The molecular weight excluding hydrogens is 400 g/mol. The molecule has 174 valence electrons. The standard InChI is InChI=1S/C27H38N2O3/c1-6-24(26(31)28-27(3,4)5)29(19-18-22-11-8-7-9-12-22)25(30)13-10-20-32-23-16-14-21(2)15-17-23/h7-9,11-12,14-17,24H,6,10,13,18-20H2,1-5H3,(H,28,31)/t24-/m1/s1. The predicted molar refractivity (Wildman–Crippen MR) is 130 cm³/mol. The fourth-order valence-corrected chi connectivity index (χ4v) is 3.54. The smallest absolute Gasteiger partial charge is 0.243 e. The molecule has 0 aliphatic carbocycles. The highest BCUT2D eigenvalue weighted by Gasteiger charge is 2.30. The Labute approximate surface area is 193 Å². The van der Waals surface area contributed by atoms with Gasteiger partial charge in [0, 0.05) is 18.5 Å². The Morgan fingerprint density at radius 3 is 2.28 bits per heavy atom. The first-order valence-corrected chi connectivity index (χ1v) is 11.5. The van der Waals surface area contributed by atoms with E-state index in [4.69, 9.17) is 4.74 Å². The molecule has 0 spiro atoms. The zero-order valence-electron chi connectivity index (χ0n) is 20.2. The quantitative estimate of drug-likeness (QED) is 0.507. The van der Waals surface area contributed by atoms with Gasteiger partial charge in [-0.1, -0.05) is 55.0 Å². The number of amides is 2. The maximum absolute atomic E-state index is 13.2. The van der Waals surface area contributed by atoms with Crippen LogP contribution in [0.2, 0.25) is 0 Å². The number of nitrogens with one attached hydrogen (secondary N) is 1. The summed E-state index contributed by atoms with van der Waals surface area (Å²) in [6.45, 7) is 10.8. The number of rotatable bonds is 11. The Kier molecular flexibility index (Phi) is 9.76. The van der Waals surface area contributed by atoms with Crippen LogP contribution < -0.4 is 10.1 Å². The fourth-order valence-electron chi connectivity index (χ4n) is 3.54. The lowest BCUT2D eigenvalue weighted by molar-refractivity contribution is -0.141. The van der Waals surface area contributed by atoms with Gasteiger partial charge in [-0.05, 0) is 64.7 Å². The number of carbonyl (C=O) groups is 2. The van der Waals surface area contributed by atoms with Gasteiger partial charge in [0.2, 0.25) is 11.8 Å². The van der Waals surface area contributed by atoms with E-state index < -0.39 is 6.04 Å². The minimum absolute atomic E-state index is 0.00986. The second kappa shape index (κ2) is 12.3. The van der Waals surface area contributed by atoms with Crippen molar-refractivity contribution in [2.45, 2.75) is 71.9 Å². The second-order valence-electron chi connectivity index (χ2n) is 9.25. The summed E-state index contributed by atoms with van der Waals surface area (Å²) < 4.78 is 5.77. The lowest BCUT2D eigenvalue weighted by Gasteiger charge is -2.33. The van der Waals surface area contributed by atoms with E-state index in [0.29, 0.717) is 38.8 Å². The molecule has 2 rings (SSSR count). The fraction of sp³-hybridized carbons (Fsp3) is 0.481. The van der Waals surface area contributed by atoms with E-state index in [1.165, 1.54) is 5.56 Å². The molecule has 32 heavy (non-hydrogen) atoms. The summed E-state index contributed by atoms with van der Waals surface area (Å²) >= 11 is 0. The summed E-state index contributed by atoms with van der Waals surface area (Å²) in [6.07, 6.45) is 2.24. The maximum atomic E-state index is 13.2. The Balaban J connectivity index is 2.01. The number of aryl methyl sites for hydroxylation is 1. The number of hydrogen-bond acceptors (Lipinski definition) is 3. The first-order chi connectivity index (χ1) is 15.2. The third-order valence-corrected chi connectivity index (χ3v) is 5.19. The van der Waals surface area contributed by atoms with Crippen LogP contribution in [0.15, 0.2) is 54.6 Å². The zero-order chi connectivity index (χ0) is 23.6. The van der Waals surface area contributed by atoms with Crippen molar-refractivity contribution < 1.29 is 14.3 Å². The van der Waals surface area contributed by atoms with E-state index in [1.54, 1.807) is 4.90 Å². The van der Waals surface area contributed by atoms with Crippen LogP contribution in [0, 0.1) is 6.92 Å². The molecule has 0 aliphatic rings. The Morgan fingerprint density at radius 1 is 1.03 bits per heavy atom. The molecule has 1 N–H and O–H groups in total. The molecule has 0 aliphatic heterocycles. The minimum Gasteiger partial charge on any atom is -0.494 e. The molecule has 0 saturated heterocycles. The monoisotopic (exact) mass is 438 g/mol. The molecule has 5 heteroatoms. The van der Waals surface area contributed by atoms with Crippen molar-refractivity contribution in [2.75, 3.05) is 13.2 Å². The van der Waals surface area contributed by atoms with Crippen LogP contribution >= 0.6 is 0 Å². The highest BCUT2D eigenvalue weighted by Crippen LogP contribution is 2.15. The van der Waals surface area contributed by atoms with Gasteiger partial charge < -0.3 is 15.0 Å². The topological polar surface area (TPSA) is 58.6 Å². The summed E-state index contributed by atoms with van der Waals surface area (Å²) in [7, 11) is 0. The predicted octanol–water partition coefficient (Wildman–Crippen LogP) is 4.92. The zero-order valence-corrected chi connectivity index (χ0v) is 20.2. The minimum atomic E-state index is -0.483. The van der Waals surface area contributed by atoms with Crippen LogP contribution in [0.1, 0.15) is 58.1 Å². The molecule has 2 amide bonds. The van der Waals surface area contributed by atoms with Gasteiger partial charge in [-0.25, -0.2) is 0 Å². The maximum Gasteiger partial charge on any atom is 0.243 e. The summed E-state index contributed by atoms with van der Waals surface area (Å²) in [5.74, 6) is 0.696. The number of benzene rings is 2. The van der Waals surface area contributed by atoms with Crippen molar-refractivity contribution in [2.24, 2.45) is 0 Å². The summed E-state index contributed by atoms with van der Waals surface area (Å²) in [6, 6.07) is 17.5. The number of carbonyl (C=O) groups excluding carboxylic acids is 2. The van der Waals surface area contributed by atoms with Crippen molar-refractivity contribution in [3.05, 3.63) is 65.7 Å². The van der Waals surface area contributed by atoms with E-state index in [1.807, 2.05) is 89.2 Å². The van der Waals surface area contributed by atoms with Gasteiger partial charge in [-0.2, -0.15) is 0 Å². The normalized spacial score (nSPS) is 12.2. The molecule has 1 atom stereocenters. The van der Waals surface area contributed by atoms with Crippen LogP contribution in [0.25, 0.3) is 0 Å².